The average Bonchev–Trinajstić information content (AvgIpc) is 3.40. The zero-order valence-corrected chi connectivity index (χ0v) is 18.7. The lowest BCUT2D eigenvalue weighted by Crippen LogP contribution is -2.53. The molecule has 1 aromatic heterocycles. The molecule has 1 amide bonds. The van der Waals surface area contributed by atoms with Crippen molar-refractivity contribution in [3.63, 3.8) is 0 Å². The summed E-state index contributed by atoms with van der Waals surface area (Å²) in [5, 5.41) is 3.61. The molecule has 2 aromatic rings. The summed E-state index contributed by atoms with van der Waals surface area (Å²) >= 11 is 8.51. The molecule has 2 aliphatic heterocycles. The summed E-state index contributed by atoms with van der Waals surface area (Å²) in [4.78, 5) is 17.6. The number of thiophene rings is 1. The number of sulfonamides is 1. The molecule has 1 saturated heterocycles. The van der Waals surface area contributed by atoms with E-state index in [9.17, 15) is 13.2 Å². The first-order valence-electron chi connectivity index (χ1n) is 9.21. The molecule has 29 heavy (non-hydrogen) atoms. The van der Waals surface area contributed by atoms with Crippen LogP contribution in [0.1, 0.15) is 18.4 Å². The van der Waals surface area contributed by atoms with Gasteiger partial charge in [0.05, 0.1) is 16.3 Å². The highest BCUT2D eigenvalue weighted by Gasteiger charge is 2.45. The van der Waals surface area contributed by atoms with E-state index in [1.54, 1.807) is 6.07 Å². The first-order valence-corrected chi connectivity index (χ1v) is 12.8. The third-order valence-corrected chi connectivity index (χ3v) is 9.77. The maximum Gasteiger partial charge on any atom is 0.252 e. The number of benzene rings is 1. The van der Waals surface area contributed by atoms with Gasteiger partial charge < -0.3 is 5.32 Å². The molecule has 1 aromatic carbocycles. The number of thioether (sulfide) groups is 1. The van der Waals surface area contributed by atoms with Gasteiger partial charge in [-0.15, -0.1) is 11.3 Å². The van der Waals surface area contributed by atoms with Crippen LogP contribution in [0.2, 0.25) is 4.34 Å². The summed E-state index contributed by atoms with van der Waals surface area (Å²) in [5.41, 5.74) is 0.115. The van der Waals surface area contributed by atoms with Gasteiger partial charge in [0.15, 0.2) is 5.17 Å². The molecule has 10 heteroatoms. The third kappa shape index (κ3) is 4.11. The molecule has 3 heterocycles. The molecule has 1 fully saturated rings. The van der Waals surface area contributed by atoms with Gasteiger partial charge in [-0.05, 0) is 30.5 Å². The smallest absolute Gasteiger partial charge is 0.252 e. The van der Waals surface area contributed by atoms with E-state index in [1.807, 2.05) is 30.3 Å². The minimum atomic E-state index is -3.61. The summed E-state index contributed by atoms with van der Waals surface area (Å²) in [7, 11) is -3.61. The average molecular weight is 470 g/mol. The predicted molar refractivity (Wildman–Crippen MR) is 118 cm³/mol. The molecule has 0 atom stereocenters. The predicted octanol–water partition coefficient (Wildman–Crippen LogP) is 3.34. The summed E-state index contributed by atoms with van der Waals surface area (Å²) in [6, 6.07) is 12.7. The SMILES string of the molecule is O=C(NC1=NCCS1)C1(c2ccccc2)CCN(S(=O)(=O)c2ccc(Cl)s2)CC1. The Morgan fingerprint density at radius 2 is 1.86 bits per heavy atom. The number of amidine groups is 1. The maximum absolute atomic E-state index is 13.3. The van der Waals surface area contributed by atoms with Crippen molar-refractivity contribution < 1.29 is 13.2 Å². The van der Waals surface area contributed by atoms with Gasteiger partial charge in [0.25, 0.3) is 10.0 Å². The van der Waals surface area contributed by atoms with E-state index in [0.717, 1.165) is 22.7 Å². The second-order valence-corrected chi connectivity index (χ2v) is 11.9. The summed E-state index contributed by atoms with van der Waals surface area (Å²) < 4.78 is 28.0. The fraction of sp³-hybridized carbons (Fsp3) is 0.368. The Morgan fingerprint density at radius 1 is 1.14 bits per heavy atom. The quantitative estimate of drug-likeness (QED) is 0.744. The number of halogens is 1. The Labute approximate surface area is 183 Å². The van der Waals surface area contributed by atoms with Gasteiger partial charge in [-0.25, -0.2) is 8.42 Å². The number of nitrogens with zero attached hydrogens (tertiary/aromatic N) is 2. The van der Waals surface area contributed by atoms with E-state index in [4.69, 9.17) is 11.6 Å². The molecule has 0 unspecified atom stereocenters. The van der Waals surface area contributed by atoms with Gasteiger partial charge in [-0.1, -0.05) is 53.7 Å². The number of piperidine rings is 1. The Bertz CT molecular complexity index is 1030. The van der Waals surface area contributed by atoms with Crippen LogP contribution in [-0.4, -0.2) is 49.2 Å². The molecular formula is C19H20ClN3O3S3. The van der Waals surface area contributed by atoms with Crippen LogP contribution < -0.4 is 5.32 Å². The Kier molecular flexibility index (Phi) is 6.04. The molecule has 0 bridgehead atoms. The molecular weight excluding hydrogens is 450 g/mol. The van der Waals surface area contributed by atoms with Gasteiger partial charge in [0, 0.05) is 18.8 Å². The zero-order valence-electron chi connectivity index (χ0n) is 15.5. The number of carbonyl (C=O) groups is 1. The fourth-order valence-electron chi connectivity index (χ4n) is 3.70. The van der Waals surface area contributed by atoms with Gasteiger partial charge >= 0.3 is 0 Å². The summed E-state index contributed by atoms with van der Waals surface area (Å²) in [6.07, 6.45) is 0.804. The normalized spacial score (nSPS) is 19.7. The third-order valence-electron chi connectivity index (χ3n) is 5.29. The number of nitrogens with one attached hydrogen (secondary N) is 1. The molecule has 6 nitrogen and oxygen atoms in total. The van der Waals surface area contributed by atoms with E-state index in [2.05, 4.69) is 10.3 Å². The summed E-state index contributed by atoms with van der Waals surface area (Å²) in [6.45, 7) is 1.23. The van der Waals surface area contributed by atoms with E-state index >= 15 is 0 Å². The van der Waals surface area contributed by atoms with E-state index in [1.165, 1.54) is 22.1 Å². The van der Waals surface area contributed by atoms with Crippen LogP contribution in [-0.2, 0) is 20.2 Å². The topological polar surface area (TPSA) is 78.8 Å². The number of amides is 1. The number of hydrogen-bond donors (Lipinski definition) is 1. The Morgan fingerprint density at radius 3 is 2.45 bits per heavy atom. The number of aliphatic imine (C=N–C) groups is 1. The van der Waals surface area contributed by atoms with Crippen molar-refractivity contribution >= 4 is 55.8 Å². The second kappa shape index (κ2) is 8.39. The van der Waals surface area contributed by atoms with Crippen LogP contribution in [0.15, 0.2) is 51.7 Å². The lowest BCUT2D eigenvalue weighted by atomic mass is 9.72. The Hall–Kier alpha value is -1.39. The monoisotopic (exact) mass is 469 g/mol. The van der Waals surface area contributed by atoms with E-state index < -0.39 is 15.4 Å². The molecule has 154 valence electrons. The van der Waals surface area contributed by atoms with Crippen molar-refractivity contribution in [3.05, 3.63) is 52.4 Å². The van der Waals surface area contributed by atoms with Gasteiger partial charge in [0.2, 0.25) is 5.91 Å². The van der Waals surface area contributed by atoms with Crippen LogP contribution in [0, 0.1) is 0 Å². The molecule has 0 saturated carbocycles. The van der Waals surface area contributed by atoms with Crippen LogP contribution in [0.5, 0.6) is 0 Å². The zero-order chi connectivity index (χ0) is 20.5. The molecule has 4 rings (SSSR count). The van der Waals surface area contributed by atoms with Crippen LogP contribution in [0.3, 0.4) is 0 Å². The van der Waals surface area contributed by atoms with Crippen molar-refractivity contribution in [2.45, 2.75) is 22.5 Å². The van der Waals surface area contributed by atoms with Gasteiger partial charge in [0.1, 0.15) is 4.21 Å². The minimum absolute atomic E-state index is 0.118. The highest BCUT2D eigenvalue weighted by Crippen LogP contribution is 2.38. The van der Waals surface area contributed by atoms with Gasteiger partial charge in [-0.3, -0.25) is 9.79 Å². The highest BCUT2D eigenvalue weighted by molar-refractivity contribution is 8.14. The second-order valence-electron chi connectivity index (χ2n) is 6.90. The molecule has 0 radical (unpaired) electrons. The fourth-order valence-corrected chi connectivity index (χ4v) is 7.51. The van der Waals surface area contributed by atoms with E-state index in [0.29, 0.717) is 28.9 Å². The summed E-state index contributed by atoms with van der Waals surface area (Å²) in [5.74, 6) is 0.747. The van der Waals surface area contributed by atoms with Crippen molar-refractivity contribution in [1.82, 2.24) is 9.62 Å². The lowest BCUT2D eigenvalue weighted by molar-refractivity contribution is -0.126. The van der Waals surface area contributed by atoms with Crippen LogP contribution >= 0.6 is 34.7 Å². The van der Waals surface area contributed by atoms with Gasteiger partial charge in [-0.2, -0.15) is 4.31 Å². The minimum Gasteiger partial charge on any atom is -0.305 e. The number of rotatable bonds is 4. The first-order chi connectivity index (χ1) is 13.9. The van der Waals surface area contributed by atoms with Crippen LogP contribution in [0.25, 0.3) is 0 Å². The lowest BCUT2D eigenvalue weighted by Gasteiger charge is -2.40. The molecule has 0 spiro atoms. The molecule has 0 aliphatic carbocycles. The van der Waals surface area contributed by atoms with Crippen molar-refractivity contribution in [1.29, 1.82) is 0 Å². The van der Waals surface area contributed by atoms with Crippen molar-refractivity contribution in [3.8, 4) is 0 Å². The van der Waals surface area contributed by atoms with Crippen LogP contribution in [0.4, 0.5) is 0 Å². The maximum atomic E-state index is 13.3. The van der Waals surface area contributed by atoms with Crippen molar-refractivity contribution in [2.24, 2.45) is 4.99 Å². The number of carbonyl (C=O) groups excluding carboxylic acids is 1. The standard InChI is InChI=1S/C19H20ClN3O3S3/c20-15-6-7-16(28-15)29(25,26)23-11-8-19(9-12-23,14-4-2-1-3-5-14)17(24)22-18-21-10-13-27-18/h1-7H,8-13H2,(H,21,22,24). The van der Waals surface area contributed by atoms with E-state index in [-0.39, 0.29) is 23.2 Å². The molecule has 1 N–H and O–H groups in total. The first kappa shape index (κ1) is 20.9. The molecule has 2 aliphatic rings. The highest BCUT2D eigenvalue weighted by atomic mass is 35.5. The van der Waals surface area contributed by atoms with Crippen molar-refractivity contribution in [2.75, 3.05) is 25.4 Å². The largest absolute Gasteiger partial charge is 0.305 e. The Balaban J connectivity index is 1.59. The number of hydrogen-bond acceptors (Lipinski definition) is 6.